The number of nitrogen functional groups attached to an aromatic ring is 1. The lowest BCUT2D eigenvalue weighted by molar-refractivity contribution is -0.0319. The molecule has 0 saturated heterocycles. The highest BCUT2D eigenvalue weighted by Gasteiger charge is 2.18. The molecular formula is C13H19NO3. The Balaban J connectivity index is 2.92. The van der Waals surface area contributed by atoms with Crippen LogP contribution in [0.15, 0.2) is 18.2 Å². The first kappa shape index (κ1) is 13.5. The summed E-state index contributed by atoms with van der Waals surface area (Å²) < 4.78 is 5.69. The molecule has 0 saturated carbocycles. The van der Waals surface area contributed by atoms with Crippen molar-refractivity contribution in [2.75, 3.05) is 5.73 Å². The Morgan fingerprint density at radius 1 is 1.47 bits per heavy atom. The lowest BCUT2D eigenvalue weighted by Crippen LogP contribution is -2.23. The van der Waals surface area contributed by atoms with Gasteiger partial charge in [0, 0.05) is 5.69 Å². The van der Waals surface area contributed by atoms with Crippen LogP contribution < -0.4 is 5.73 Å². The number of benzene rings is 1. The van der Waals surface area contributed by atoms with Crippen LogP contribution in [0.3, 0.4) is 0 Å². The van der Waals surface area contributed by atoms with Gasteiger partial charge in [0.1, 0.15) is 0 Å². The summed E-state index contributed by atoms with van der Waals surface area (Å²) in [5.41, 5.74) is 6.41. The second-order valence-electron chi connectivity index (χ2n) is 4.59. The zero-order valence-corrected chi connectivity index (χ0v) is 10.5. The number of hydrogen-bond donors (Lipinski definition) is 2. The van der Waals surface area contributed by atoms with Gasteiger partial charge in [-0.2, -0.15) is 0 Å². The number of carboxylic acid groups (broad SMARTS) is 1. The minimum absolute atomic E-state index is 0.138. The topological polar surface area (TPSA) is 72.5 Å². The zero-order valence-electron chi connectivity index (χ0n) is 10.5. The first-order valence-electron chi connectivity index (χ1n) is 5.62. The Morgan fingerprint density at radius 3 is 2.65 bits per heavy atom. The molecule has 0 heterocycles. The summed E-state index contributed by atoms with van der Waals surface area (Å²) in [7, 11) is 0. The molecule has 94 valence electrons. The van der Waals surface area contributed by atoms with Gasteiger partial charge in [-0.25, -0.2) is 4.79 Å². The molecule has 0 bridgehead atoms. The lowest BCUT2D eigenvalue weighted by atomic mass is 10.0. The van der Waals surface area contributed by atoms with Crippen molar-refractivity contribution < 1.29 is 14.6 Å². The molecule has 1 rings (SSSR count). The van der Waals surface area contributed by atoms with Crippen molar-refractivity contribution in [1.29, 1.82) is 0 Å². The van der Waals surface area contributed by atoms with Crippen LogP contribution in [0.4, 0.5) is 5.69 Å². The van der Waals surface area contributed by atoms with Gasteiger partial charge in [-0.05, 0) is 31.9 Å². The number of carboxylic acids is 1. The maximum Gasteiger partial charge on any atom is 0.338 e. The van der Waals surface area contributed by atoms with Crippen LogP contribution in [-0.2, 0) is 11.3 Å². The van der Waals surface area contributed by atoms with E-state index in [-0.39, 0.29) is 23.5 Å². The summed E-state index contributed by atoms with van der Waals surface area (Å²) in [6.45, 7) is 6.23. The molecule has 0 aliphatic heterocycles. The van der Waals surface area contributed by atoms with E-state index in [1.807, 2.05) is 20.8 Å². The van der Waals surface area contributed by atoms with E-state index in [0.29, 0.717) is 5.56 Å². The minimum atomic E-state index is -1.02. The first-order chi connectivity index (χ1) is 7.87. The van der Waals surface area contributed by atoms with Crippen molar-refractivity contribution in [2.45, 2.75) is 39.4 Å². The molecule has 0 radical (unpaired) electrons. The van der Waals surface area contributed by atoms with Gasteiger partial charge in [-0.3, -0.25) is 0 Å². The Kier molecular flexibility index (Phi) is 4.12. The fourth-order valence-corrected chi connectivity index (χ4v) is 1.38. The summed E-state index contributed by atoms with van der Waals surface area (Å²) in [5, 5.41) is 9.10. The van der Waals surface area contributed by atoms with E-state index in [9.17, 15) is 4.79 Å². The molecular weight excluding hydrogens is 218 g/mol. The molecule has 17 heavy (non-hydrogen) atoms. The lowest BCUT2D eigenvalue weighted by Gasteiger charge is -2.24. The van der Waals surface area contributed by atoms with Gasteiger partial charge in [-0.1, -0.05) is 19.1 Å². The van der Waals surface area contributed by atoms with Gasteiger partial charge < -0.3 is 15.6 Å². The largest absolute Gasteiger partial charge is 0.478 e. The molecule has 1 aromatic rings. The standard InChI is InChI=1S/C13H19NO3/c1-4-13(2,3)17-8-9-6-5-7-10(14)11(9)12(15)16/h5-7H,4,8,14H2,1-3H3,(H,15,16). The van der Waals surface area contributed by atoms with E-state index in [1.54, 1.807) is 18.2 Å². The smallest absolute Gasteiger partial charge is 0.338 e. The van der Waals surface area contributed by atoms with E-state index in [4.69, 9.17) is 15.6 Å². The second kappa shape index (κ2) is 5.19. The summed E-state index contributed by atoms with van der Waals surface area (Å²) in [4.78, 5) is 11.1. The van der Waals surface area contributed by atoms with E-state index < -0.39 is 5.97 Å². The van der Waals surface area contributed by atoms with Crippen molar-refractivity contribution in [3.05, 3.63) is 29.3 Å². The third-order valence-electron chi connectivity index (χ3n) is 2.87. The number of aromatic carboxylic acids is 1. The SMILES string of the molecule is CCC(C)(C)OCc1cccc(N)c1C(=O)O. The molecule has 1 aromatic carbocycles. The number of ether oxygens (including phenoxy) is 1. The molecule has 4 heteroatoms. The molecule has 0 fully saturated rings. The van der Waals surface area contributed by atoms with E-state index in [1.165, 1.54) is 0 Å². The molecule has 4 nitrogen and oxygen atoms in total. The van der Waals surface area contributed by atoms with Crippen LogP contribution in [0.2, 0.25) is 0 Å². The van der Waals surface area contributed by atoms with E-state index >= 15 is 0 Å². The average molecular weight is 237 g/mol. The third-order valence-corrected chi connectivity index (χ3v) is 2.87. The minimum Gasteiger partial charge on any atom is -0.478 e. The molecule has 0 spiro atoms. The number of nitrogens with two attached hydrogens (primary N) is 1. The normalized spacial score (nSPS) is 11.5. The monoisotopic (exact) mass is 237 g/mol. The van der Waals surface area contributed by atoms with Gasteiger partial charge in [0.2, 0.25) is 0 Å². The predicted molar refractivity (Wildman–Crippen MR) is 67.0 cm³/mol. The van der Waals surface area contributed by atoms with Gasteiger partial charge in [0.15, 0.2) is 0 Å². The van der Waals surface area contributed by atoms with Crippen LogP contribution in [0.5, 0.6) is 0 Å². The Hall–Kier alpha value is -1.55. The van der Waals surface area contributed by atoms with E-state index in [0.717, 1.165) is 6.42 Å². The molecule has 0 aromatic heterocycles. The zero-order chi connectivity index (χ0) is 13.1. The second-order valence-corrected chi connectivity index (χ2v) is 4.59. The fourth-order valence-electron chi connectivity index (χ4n) is 1.38. The van der Waals surface area contributed by atoms with Crippen LogP contribution >= 0.6 is 0 Å². The molecule has 0 atom stereocenters. The van der Waals surface area contributed by atoms with E-state index in [2.05, 4.69) is 0 Å². The maximum absolute atomic E-state index is 11.1. The third kappa shape index (κ3) is 3.46. The fraction of sp³-hybridized carbons (Fsp3) is 0.462. The number of hydrogen-bond acceptors (Lipinski definition) is 3. The Bertz CT molecular complexity index is 413. The summed E-state index contributed by atoms with van der Waals surface area (Å²) in [6.07, 6.45) is 0.859. The Labute approximate surface area is 101 Å². The van der Waals surface area contributed by atoms with Gasteiger partial charge in [0.25, 0.3) is 0 Å². The number of anilines is 1. The van der Waals surface area contributed by atoms with Crippen molar-refractivity contribution in [2.24, 2.45) is 0 Å². The predicted octanol–water partition coefficient (Wildman–Crippen LogP) is 2.67. The maximum atomic E-state index is 11.1. The van der Waals surface area contributed by atoms with Crippen molar-refractivity contribution in [1.82, 2.24) is 0 Å². The van der Waals surface area contributed by atoms with Crippen LogP contribution in [0.1, 0.15) is 43.1 Å². The van der Waals surface area contributed by atoms with Crippen LogP contribution in [0.25, 0.3) is 0 Å². The van der Waals surface area contributed by atoms with Crippen molar-refractivity contribution in [3.8, 4) is 0 Å². The van der Waals surface area contributed by atoms with Gasteiger partial charge in [0.05, 0.1) is 17.8 Å². The highest BCUT2D eigenvalue weighted by molar-refractivity contribution is 5.95. The quantitative estimate of drug-likeness (QED) is 0.772. The van der Waals surface area contributed by atoms with Crippen molar-refractivity contribution >= 4 is 11.7 Å². The van der Waals surface area contributed by atoms with Crippen LogP contribution in [0, 0.1) is 0 Å². The average Bonchev–Trinajstić information content (AvgIpc) is 2.26. The highest BCUT2D eigenvalue weighted by Crippen LogP contribution is 2.21. The highest BCUT2D eigenvalue weighted by atomic mass is 16.5. The molecule has 0 unspecified atom stereocenters. The first-order valence-corrected chi connectivity index (χ1v) is 5.62. The Morgan fingerprint density at radius 2 is 2.12 bits per heavy atom. The summed E-state index contributed by atoms with van der Waals surface area (Å²) >= 11 is 0. The number of rotatable bonds is 5. The summed E-state index contributed by atoms with van der Waals surface area (Å²) in [5.74, 6) is -1.02. The number of carbonyl (C=O) groups is 1. The molecule has 3 N–H and O–H groups in total. The molecule has 0 aliphatic rings. The van der Waals surface area contributed by atoms with Crippen molar-refractivity contribution in [3.63, 3.8) is 0 Å². The molecule has 0 aliphatic carbocycles. The molecule has 0 amide bonds. The van der Waals surface area contributed by atoms with Gasteiger partial charge in [-0.15, -0.1) is 0 Å². The van der Waals surface area contributed by atoms with Crippen LogP contribution in [-0.4, -0.2) is 16.7 Å². The van der Waals surface area contributed by atoms with Gasteiger partial charge >= 0.3 is 5.97 Å². The summed E-state index contributed by atoms with van der Waals surface area (Å²) in [6, 6.07) is 5.04.